The Morgan fingerprint density at radius 2 is 2.16 bits per heavy atom. The largest absolute Gasteiger partial charge is 0.335 e. The number of halogens is 1. The molecule has 0 spiro atoms. The zero-order chi connectivity index (χ0) is 14.0. The minimum atomic E-state index is -0.784. The number of nitrogens with one attached hydrogen (secondary N) is 1. The van der Waals surface area contributed by atoms with Gasteiger partial charge in [-0.3, -0.25) is 14.9 Å². The third-order valence-corrected chi connectivity index (χ3v) is 2.80. The Hall–Kier alpha value is -2.24. The lowest BCUT2D eigenvalue weighted by Crippen LogP contribution is -2.44. The van der Waals surface area contributed by atoms with Gasteiger partial charge in [0, 0.05) is 6.42 Å². The summed E-state index contributed by atoms with van der Waals surface area (Å²) in [6.07, 6.45) is 0.779. The first-order valence-corrected chi connectivity index (χ1v) is 5.98. The zero-order valence-electron chi connectivity index (χ0n) is 10.4. The van der Waals surface area contributed by atoms with Crippen molar-refractivity contribution in [3.8, 4) is 0 Å². The molecule has 5 nitrogen and oxygen atoms in total. The number of rotatable bonds is 2. The van der Waals surface area contributed by atoms with Crippen LogP contribution < -0.4 is 10.2 Å². The summed E-state index contributed by atoms with van der Waals surface area (Å²) >= 11 is 0. The molecular weight excluding hydrogens is 251 g/mol. The number of nitrogens with zero attached hydrogens (tertiary/aromatic N) is 1. The topological polar surface area (TPSA) is 66.5 Å². The average molecular weight is 264 g/mol. The van der Waals surface area contributed by atoms with E-state index in [0.717, 1.165) is 4.90 Å². The van der Waals surface area contributed by atoms with Crippen molar-refractivity contribution >= 4 is 23.5 Å². The van der Waals surface area contributed by atoms with Crippen molar-refractivity contribution in [1.82, 2.24) is 5.32 Å². The SMILES string of the molecule is CCCC(=O)NC(=O)N1C(=O)Cc2cc(F)ccc21. The van der Waals surface area contributed by atoms with Crippen LogP contribution in [0.25, 0.3) is 0 Å². The van der Waals surface area contributed by atoms with E-state index in [1.54, 1.807) is 0 Å². The van der Waals surface area contributed by atoms with Gasteiger partial charge in [0.1, 0.15) is 5.82 Å². The fraction of sp³-hybridized carbons (Fsp3) is 0.308. The maximum Gasteiger partial charge on any atom is 0.335 e. The lowest BCUT2D eigenvalue weighted by molar-refractivity contribution is -0.120. The van der Waals surface area contributed by atoms with E-state index < -0.39 is 23.7 Å². The van der Waals surface area contributed by atoms with E-state index in [0.29, 0.717) is 17.7 Å². The van der Waals surface area contributed by atoms with Gasteiger partial charge in [0.15, 0.2) is 0 Å². The van der Waals surface area contributed by atoms with Crippen LogP contribution >= 0.6 is 0 Å². The van der Waals surface area contributed by atoms with Crippen LogP contribution in [0, 0.1) is 5.82 Å². The highest BCUT2D eigenvalue weighted by molar-refractivity contribution is 6.21. The van der Waals surface area contributed by atoms with E-state index in [4.69, 9.17) is 0 Å². The van der Waals surface area contributed by atoms with Crippen molar-refractivity contribution < 1.29 is 18.8 Å². The van der Waals surface area contributed by atoms with Crippen molar-refractivity contribution in [3.63, 3.8) is 0 Å². The molecule has 1 aliphatic rings. The molecule has 1 aromatic carbocycles. The molecule has 1 aliphatic heterocycles. The van der Waals surface area contributed by atoms with Gasteiger partial charge in [-0.1, -0.05) is 6.92 Å². The molecule has 0 bridgehead atoms. The number of hydrogen-bond acceptors (Lipinski definition) is 3. The zero-order valence-corrected chi connectivity index (χ0v) is 10.4. The summed E-state index contributed by atoms with van der Waals surface area (Å²) in [6, 6.07) is 2.97. The van der Waals surface area contributed by atoms with Crippen molar-refractivity contribution in [2.24, 2.45) is 0 Å². The molecular formula is C13H13FN2O3. The summed E-state index contributed by atoms with van der Waals surface area (Å²) < 4.78 is 13.0. The Morgan fingerprint density at radius 3 is 2.84 bits per heavy atom. The Kier molecular flexibility index (Phi) is 3.59. The van der Waals surface area contributed by atoms with Crippen LogP contribution in [0.5, 0.6) is 0 Å². The molecule has 4 amide bonds. The van der Waals surface area contributed by atoms with E-state index in [-0.39, 0.29) is 12.8 Å². The van der Waals surface area contributed by atoms with Crippen LogP contribution in [0.3, 0.4) is 0 Å². The van der Waals surface area contributed by atoms with Gasteiger partial charge in [0.05, 0.1) is 12.1 Å². The molecule has 0 radical (unpaired) electrons. The Morgan fingerprint density at radius 1 is 1.42 bits per heavy atom. The second-order valence-corrected chi connectivity index (χ2v) is 4.28. The number of benzene rings is 1. The van der Waals surface area contributed by atoms with Gasteiger partial charge in [0.25, 0.3) is 0 Å². The standard InChI is InChI=1S/C13H13FN2O3/c1-2-3-11(17)15-13(19)16-10-5-4-9(14)6-8(10)7-12(16)18/h4-6H,2-3,7H2,1H3,(H,15,17,19). The lowest BCUT2D eigenvalue weighted by Gasteiger charge is -2.15. The smallest absolute Gasteiger partial charge is 0.277 e. The fourth-order valence-electron chi connectivity index (χ4n) is 1.98. The molecule has 0 aromatic heterocycles. The Balaban J connectivity index is 2.20. The molecule has 2 rings (SSSR count). The van der Waals surface area contributed by atoms with Gasteiger partial charge >= 0.3 is 6.03 Å². The molecule has 1 aromatic rings. The maximum atomic E-state index is 13.0. The van der Waals surface area contributed by atoms with Crippen LogP contribution in [-0.2, 0) is 16.0 Å². The lowest BCUT2D eigenvalue weighted by atomic mass is 10.1. The van der Waals surface area contributed by atoms with Crippen LogP contribution in [0.15, 0.2) is 18.2 Å². The molecule has 1 N–H and O–H groups in total. The number of carbonyl (C=O) groups is 3. The Labute approximate surface area is 109 Å². The van der Waals surface area contributed by atoms with Gasteiger partial charge in [-0.15, -0.1) is 0 Å². The van der Waals surface area contributed by atoms with Crippen LogP contribution in [0.4, 0.5) is 14.9 Å². The van der Waals surface area contributed by atoms with Gasteiger partial charge < -0.3 is 0 Å². The van der Waals surface area contributed by atoms with Gasteiger partial charge in [-0.05, 0) is 30.2 Å². The summed E-state index contributed by atoms with van der Waals surface area (Å²) in [4.78, 5) is 35.9. The average Bonchev–Trinajstić information content (AvgIpc) is 2.64. The molecule has 100 valence electrons. The molecule has 0 atom stereocenters. The van der Waals surface area contributed by atoms with Gasteiger partial charge in [0.2, 0.25) is 11.8 Å². The first-order chi connectivity index (χ1) is 9.02. The number of anilines is 1. The first-order valence-electron chi connectivity index (χ1n) is 5.98. The molecule has 19 heavy (non-hydrogen) atoms. The Bertz CT molecular complexity index is 557. The summed E-state index contributed by atoms with van der Waals surface area (Å²) in [7, 11) is 0. The summed E-state index contributed by atoms with van der Waals surface area (Å²) in [5.41, 5.74) is 0.774. The van der Waals surface area contributed by atoms with E-state index in [1.807, 2.05) is 6.92 Å². The van der Waals surface area contributed by atoms with Crippen molar-refractivity contribution in [2.75, 3.05) is 4.90 Å². The summed E-state index contributed by atoms with van der Waals surface area (Å²) in [5.74, 6) is -1.37. The predicted molar refractivity (Wildman–Crippen MR) is 66.0 cm³/mol. The van der Waals surface area contributed by atoms with E-state index in [2.05, 4.69) is 5.32 Å². The normalized spacial score (nSPS) is 13.4. The highest BCUT2D eigenvalue weighted by Gasteiger charge is 2.33. The number of carbonyl (C=O) groups excluding carboxylic acids is 3. The molecule has 0 fully saturated rings. The van der Waals surface area contributed by atoms with Crippen molar-refractivity contribution in [2.45, 2.75) is 26.2 Å². The highest BCUT2D eigenvalue weighted by Crippen LogP contribution is 2.29. The monoisotopic (exact) mass is 264 g/mol. The first kappa shape index (κ1) is 13.2. The number of urea groups is 1. The third kappa shape index (κ3) is 2.62. The minimum Gasteiger partial charge on any atom is -0.277 e. The molecule has 0 unspecified atom stereocenters. The quantitative estimate of drug-likeness (QED) is 0.885. The van der Waals surface area contributed by atoms with Crippen LogP contribution in [0.2, 0.25) is 0 Å². The molecule has 6 heteroatoms. The van der Waals surface area contributed by atoms with Gasteiger partial charge in [-0.2, -0.15) is 0 Å². The number of imide groups is 2. The maximum absolute atomic E-state index is 13.0. The number of hydrogen-bond donors (Lipinski definition) is 1. The fourth-order valence-corrected chi connectivity index (χ4v) is 1.98. The third-order valence-electron chi connectivity index (χ3n) is 2.80. The molecule has 1 heterocycles. The number of fused-ring (bicyclic) bond motifs is 1. The number of amides is 4. The molecule has 0 aliphatic carbocycles. The van der Waals surface area contributed by atoms with Crippen LogP contribution in [0.1, 0.15) is 25.3 Å². The van der Waals surface area contributed by atoms with E-state index in [1.165, 1.54) is 18.2 Å². The summed E-state index contributed by atoms with van der Waals surface area (Å²) in [5, 5.41) is 2.14. The second kappa shape index (κ2) is 5.17. The van der Waals surface area contributed by atoms with Crippen LogP contribution in [-0.4, -0.2) is 17.8 Å². The highest BCUT2D eigenvalue weighted by atomic mass is 19.1. The molecule has 0 saturated carbocycles. The van der Waals surface area contributed by atoms with Crippen molar-refractivity contribution in [3.05, 3.63) is 29.6 Å². The minimum absolute atomic E-state index is 0.0392. The van der Waals surface area contributed by atoms with E-state index in [9.17, 15) is 18.8 Å². The predicted octanol–water partition coefficient (Wildman–Crippen LogP) is 1.75. The summed E-state index contributed by atoms with van der Waals surface area (Å²) in [6.45, 7) is 1.81. The van der Waals surface area contributed by atoms with Crippen molar-refractivity contribution in [1.29, 1.82) is 0 Å². The molecule has 0 saturated heterocycles. The second-order valence-electron chi connectivity index (χ2n) is 4.28. The van der Waals surface area contributed by atoms with Gasteiger partial charge in [-0.25, -0.2) is 14.1 Å². The van der Waals surface area contributed by atoms with E-state index >= 15 is 0 Å².